The van der Waals surface area contributed by atoms with E-state index in [2.05, 4.69) is 13.1 Å². The third-order valence-electron chi connectivity index (χ3n) is 7.17. The van der Waals surface area contributed by atoms with Crippen molar-refractivity contribution >= 4 is 30.9 Å². The highest BCUT2D eigenvalue weighted by Gasteiger charge is 2.48. The molecule has 8 nitrogen and oxygen atoms in total. The third kappa shape index (κ3) is 4.32. The Balaban J connectivity index is 1.58. The number of fused-ring (bicyclic) bond motifs is 5. The van der Waals surface area contributed by atoms with Gasteiger partial charge in [0.2, 0.25) is 0 Å². The predicted molar refractivity (Wildman–Crippen MR) is 142 cm³/mol. The molecule has 0 bridgehead atoms. The molecule has 1 N–H and O–H groups in total. The monoisotopic (exact) mass is 518 g/mol. The van der Waals surface area contributed by atoms with Crippen LogP contribution in [-0.4, -0.2) is 40.9 Å². The number of ether oxygens (including phenoxy) is 2. The van der Waals surface area contributed by atoms with Crippen LogP contribution in [0.5, 0.6) is 0 Å². The first kappa shape index (κ1) is 25.1. The van der Waals surface area contributed by atoms with Crippen LogP contribution in [0.15, 0.2) is 53.3 Å². The number of allylic oxidation sites excluding steroid dienone is 1. The lowest BCUT2D eigenvalue weighted by atomic mass is 9.83. The molecule has 9 heteroatoms. The number of pyridine rings is 2. The second-order valence-electron chi connectivity index (χ2n) is 10.6. The SMILES string of the molecule is CC[C@@]1(O)C(=O)OC(/C=C/C[Si](C)(C)COC(C)=O)c2c1cc1n(c2=O)Cc2cc3ccccc3nc2-1. The quantitative estimate of drug-likeness (QED) is 0.234. The standard InChI is InChI=1S/C28H30N2O6Si/c1-5-28(34)20-14-22-25-19(13-18-9-6-7-10-21(18)29-25)15-30(22)26(32)24(20)23(36-27(28)33)11-8-12-37(3,4)16-35-17(2)31/h6-11,13-14,23,34H,5,12,15-16H2,1-4H3/b11-8+/t23?,28-/m0/s1. The summed E-state index contributed by atoms with van der Waals surface area (Å²) in [5.74, 6) is -1.09. The number of para-hydroxylation sites is 1. The van der Waals surface area contributed by atoms with Crippen molar-refractivity contribution < 1.29 is 24.2 Å². The predicted octanol–water partition coefficient (Wildman–Crippen LogP) is 3.99. The van der Waals surface area contributed by atoms with Gasteiger partial charge >= 0.3 is 11.9 Å². The van der Waals surface area contributed by atoms with Crippen LogP contribution in [0.3, 0.4) is 0 Å². The van der Waals surface area contributed by atoms with Crippen LogP contribution in [0, 0.1) is 0 Å². The smallest absolute Gasteiger partial charge is 0.343 e. The Kier molecular flexibility index (Phi) is 6.16. The fourth-order valence-electron chi connectivity index (χ4n) is 5.02. The lowest BCUT2D eigenvalue weighted by Crippen LogP contribution is -2.45. The van der Waals surface area contributed by atoms with Crippen molar-refractivity contribution in [2.24, 2.45) is 0 Å². The van der Waals surface area contributed by atoms with Crippen LogP contribution < -0.4 is 5.56 Å². The summed E-state index contributed by atoms with van der Waals surface area (Å²) in [4.78, 5) is 42.9. The van der Waals surface area contributed by atoms with Crippen molar-refractivity contribution in [2.75, 3.05) is 6.23 Å². The van der Waals surface area contributed by atoms with Gasteiger partial charge < -0.3 is 19.1 Å². The van der Waals surface area contributed by atoms with E-state index in [-0.39, 0.29) is 29.1 Å². The zero-order valence-corrected chi connectivity index (χ0v) is 22.4. The Hall–Kier alpha value is -3.56. The largest absolute Gasteiger partial charge is 0.470 e. The van der Waals surface area contributed by atoms with E-state index < -0.39 is 25.7 Å². The molecule has 0 saturated carbocycles. The molecule has 3 aromatic rings. The molecule has 0 aliphatic carbocycles. The number of hydrogen-bond acceptors (Lipinski definition) is 7. The van der Waals surface area contributed by atoms with Gasteiger partial charge in [0.1, 0.15) is 0 Å². The average molecular weight is 519 g/mol. The number of esters is 2. The maximum absolute atomic E-state index is 13.9. The minimum absolute atomic E-state index is 0.0680. The van der Waals surface area contributed by atoms with Crippen molar-refractivity contribution in [3.63, 3.8) is 0 Å². The number of aliphatic hydroxyl groups is 1. The fourth-order valence-corrected chi connectivity index (χ4v) is 6.51. The number of benzene rings is 1. The summed E-state index contributed by atoms with van der Waals surface area (Å²) in [7, 11) is -1.90. The van der Waals surface area contributed by atoms with Gasteiger partial charge in [-0.1, -0.05) is 44.3 Å². The Morgan fingerprint density at radius 3 is 2.78 bits per heavy atom. The van der Waals surface area contributed by atoms with Gasteiger partial charge in [-0.2, -0.15) is 0 Å². The summed E-state index contributed by atoms with van der Waals surface area (Å²) in [5.41, 5.74) is 1.31. The average Bonchev–Trinajstić information content (AvgIpc) is 3.22. The van der Waals surface area contributed by atoms with Gasteiger partial charge in [0, 0.05) is 23.4 Å². The molecule has 2 aromatic heterocycles. The third-order valence-corrected chi connectivity index (χ3v) is 9.44. The molecule has 192 valence electrons. The molecule has 2 atom stereocenters. The van der Waals surface area contributed by atoms with Crippen LogP contribution >= 0.6 is 0 Å². The second-order valence-corrected chi connectivity index (χ2v) is 15.6. The topological polar surface area (TPSA) is 108 Å². The van der Waals surface area contributed by atoms with Crippen molar-refractivity contribution in [3.05, 3.63) is 75.6 Å². The minimum Gasteiger partial charge on any atom is -0.470 e. The Labute approximate surface area is 215 Å². The summed E-state index contributed by atoms with van der Waals surface area (Å²) in [6.45, 7) is 7.61. The van der Waals surface area contributed by atoms with Crippen LogP contribution in [0.25, 0.3) is 22.3 Å². The van der Waals surface area contributed by atoms with E-state index in [1.165, 1.54) is 6.92 Å². The molecule has 4 heterocycles. The molecular formula is C28H30N2O6Si. The van der Waals surface area contributed by atoms with E-state index >= 15 is 0 Å². The first-order valence-electron chi connectivity index (χ1n) is 12.4. The van der Waals surface area contributed by atoms with E-state index in [1.807, 2.05) is 36.4 Å². The summed E-state index contributed by atoms with van der Waals surface area (Å²) in [6.07, 6.45) is 3.11. The van der Waals surface area contributed by atoms with E-state index in [0.717, 1.165) is 16.5 Å². The summed E-state index contributed by atoms with van der Waals surface area (Å²) in [5, 5.41) is 12.3. The molecule has 2 aliphatic rings. The van der Waals surface area contributed by atoms with Crippen LogP contribution in [0.1, 0.15) is 43.1 Å². The number of carbonyl (C=O) groups is 2. The molecule has 2 aliphatic heterocycles. The Morgan fingerprint density at radius 1 is 1.30 bits per heavy atom. The molecule has 0 saturated heterocycles. The van der Waals surface area contributed by atoms with E-state index in [4.69, 9.17) is 14.5 Å². The van der Waals surface area contributed by atoms with E-state index in [9.17, 15) is 19.5 Å². The highest BCUT2D eigenvalue weighted by molar-refractivity contribution is 6.77. The molecule has 37 heavy (non-hydrogen) atoms. The molecular weight excluding hydrogens is 488 g/mol. The van der Waals surface area contributed by atoms with Gasteiger partial charge in [0.15, 0.2) is 11.7 Å². The summed E-state index contributed by atoms with van der Waals surface area (Å²) >= 11 is 0. The fraction of sp³-hybridized carbons (Fsp3) is 0.357. The van der Waals surface area contributed by atoms with Crippen molar-refractivity contribution in [2.45, 2.75) is 57.7 Å². The minimum atomic E-state index is -1.92. The molecule has 1 aromatic carbocycles. The molecule has 0 radical (unpaired) electrons. The van der Waals surface area contributed by atoms with E-state index in [0.29, 0.717) is 30.2 Å². The molecule has 0 fully saturated rings. The maximum Gasteiger partial charge on any atom is 0.343 e. The Morgan fingerprint density at radius 2 is 2.05 bits per heavy atom. The van der Waals surface area contributed by atoms with Crippen molar-refractivity contribution in [1.29, 1.82) is 0 Å². The maximum atomic E-state index is 13.9. The first-order chi connectivity index (χ1) is 17.5. The van der Waals surface area contributed by atoms with Gasteiger partial charge in [0.05, 0.1) is 43.3 Å². The van der Waals surface area contributed by atoms with Gasteiger partial charge in [-0.3, -0.25) is 9.59 Å². The summed E-state index contributed by atoms with van der Waals surface area (Å²) in [6, 6.07) is 12.2. The van der Waals surface area contributed by atoms with Crippen LogP contribution in [0.4, 0.5) is 0 Å². The van der Waals surface area contributed by atoms with Crippen molar-refractivity contribution in [3.8, 4) is 11.4 Å². The highest BCUT2D eigenvalue weighted by atomic mass is 28.3. The normalized spacial score (nSPS) is 20.5. The number of nitrogens with zero attached hydrogens (tertiary/aromatic N) is 2. The molecule has 0 spiro atoms. The number of rotatable bonds is 6. The Bertz CT molecular complexity index is 1530. The first-order valence-corrected chi connectivity index (χ1v) is 15.9. The number of cyclic esters (lactones) is 1. The number of carbonyl (C=O) groups excluding carboxylic acids is 2. The van der Waals surface area contributed by atoms with E-state index in [1.54, 1.807) is 23.6 Å². The molecule has 5 rings (SSSR count). The lowest BCUT2D eigenvalue weighted by Gasteiger charge is -2.35. The zero-order chi connectivity index (χ0) is 26.5. The van der Waals surface area contributed by atoms with Crippen LogP contribution in [-0.2, 0) is 31.2 Å². The number of aromatic nitrogens is 2. The van der Waals surface area contributed by atoms with Gasteiger partial charge in [-0.15, -0.1) is 0 Å². The highest BCUT2D eigenvalue weighted by Crippen LogP contribution is 2.42. The second kappa shape index (κ2) is 9.07. The van der Waals surface area contributed by atoms with Gasteiger partial charge in [0.25, 0.3) is 5.56 Å². The zero-order valence-electron chi connectivity index (χ0n) is 21.4. The van der Waals surface area contributed by atoms with Crippen molar-refractivity contribution in [1.82, 2.24) is 9.55 Å². The number of hydrogen-bond donors (Lipinski definition) is 1. The summed E-state index contributed by atoms with van der Waals surface area (Å²) < 4.78 is 12.5. The van der Waals surface area contributed by atoms with Crippen LogP contribution in [0.2, 0.25) is 19.1 Å². The van der Waals surface area contributed by atoms with Gasteiger partial charge in [-0.25, -0.2) is 9.78 Å². The molecule has 1 unspecified atom stereocenters. The lowest BCUT2D eigenvalue weighted by molar-refractivity contribution is -0.175. The molecule has 0 amide bonds. The van der Waals surface area contributed by atoms with Gasteiger partial charge in [-0.05, 0) is 36.7 Å².